The summed E-state index contributed by atoms with van der Waals surface area (Å²) in [5, 5.41) is 0. The lowest BCUT2D eigenvalue weighted by molar-refractivity contribution is 0.298. The molecule has 0 radical (unpaired) electrons. The second-order valence-corrected chi connectivity index (χ2v) is 4.04. The molecular weight excluding hydrogens is 236 g/mol. The van der Waals surface area contributed by atoms with Crippen LogP contribution in [-0.4, -0.2) is 0 Å². The summed E-state index contributed by atoms with van der Waals surface area (Å²) in [5.74, 6) is -1.30. The Labute approximate surface area is 104 Å². The van der Waals surface area contributed by atoms with Crippen LogP contribution in [0.1, 0.15) is 11.1 Å². The molecule has 0 aliphatic rings. The number of aryl methyl sites for hydroxylation is 1. The molecule has 0 saturated heterocycles. The van der Waals surface area contributed by atoms with Gasteiger partial charge in [-0.25, -0.2) is 8.78 Å². The van der Waals surface area contributed by atoms with Crippen molar-refractivity contribution in [1.29, 1.82) is 0 Å². The molecule has 0 fully saturated rings. The van der Waals surface area contributed by atoms with E-state index in [0.29, 0.717) is 11.4 Å². The number of nitrogen functional groups attached to an aromatic ring is 1. The summed E-state index contributed by atoms with van der Waals surface area (Å²) >= 11 is 0. The van der Waals surface area contributed by atoms with E-state index in [-0.39, 0.29) is 12.2 Å². The van der Waals surface area contributed by atoms with Crippen LogP contribution in [-0.2, 0) is 6.61 Å². The molecule has 0 heterocycles. The van der Waals surface area contributed by atoms with E-state index in [1.54, 1.807) is 12.1 Å². The van der Waals surface area contributed by atoms with Gasteiger partial charge in [-0.15, -0.1) is 0 Å². The van der Waals surface area contributed by atoms with E-state index in [9.17, 15) is 8.78 Å². The van der Waals surface area contributed by atoms with Crippen LogP contribution in [0.15, 0.2) is 36.4 Å². The van der Waals surface area contributed by atoms with Gasteiger partial charge in [0.1, 0.15) is 12.4 Å². The van der Waals surface area contributed by atoms with Crippen LogP contribution in [0.4, 0.5) is 14.5 Å². The summed E-state index contributed by atoms with van der Waals surface area (Å²) in [4.78, 5) is 0. The molecule has 18 heavy (non-hydrogen) atoms. The van der Waals surface area contributed by atoms with Crippen LogP contribution < -0.4 is 10.5 Å². The maximum atomic E-state index is 13.4. The lowest BCUT2D eigenvalue weighted by Gasteiger charge is -2.10. The fraction of sp³-hybridized carbons (Fsp3) is 0.143. The Kier molecular flexibility index (Phi) is 3.46. The Morgan fingerprint density at radius 1 is 1.17 bits per heavy atom. The zero-order chi connectivity index (χ0) is 13.1. The third-order valence-corrected chi connectivity index (χ3v) is 2.58. The highest BCUT2D eigenvalue weighted by molar-refractivity contribution is 5.53. The zero-order valence-corrected chi connectivity index (χ0v) is 9.91. The van der Waals surface area contributed by atoms with Gasteiger partial charge < -0.3 is 10.5 Å². The molecule has 0 bridgehead atoms. The fourth-order valence-corrected chi connectivity index (χ4v) is 1.58. The Balaban J connectivity index is 2.16. The largest absolute Gasteiger partial charge is 0.487 e. The lowest BCUT2D eigenvalue weighted by Crippen LogP contribution is -2.02. The smallest absolute Gasteiger partial charge is 0.165 e. The van der Waals surface area contributed by atoms with Crippen LogP contribution in [0.3, 0.4) is 0 Å². The molecule has 2 rings (SSSR count). The van der Waals surface area contributed by atoms with Gasteiger partial charge in [0.2, 0.25) is 0 Å². The van der Waals surface area contributed by atoms with Gasteiger partial charge >= 0.3 is 0 Å². The van der Waals surface area contributed by atoms with E-state index >= 15 is 0 Å². The van der Waals surface area contributed by atoms with Gasteiger partial charge in [0.25, 0.3) is 0 Å². The van der Waals surface area contributed by atoms with Crippen molar-refractivity contribution in [3.05, 3.63) is 59.2 Å². The Bertz CT molecular complexity index is 568. The van der Waals surface area contributed by atoms with E-state index in [2.05, 4.69) is 0 Å². The maximum absolute atomic E-state index is 13.4. The van der Waals surface area contributed by atoms with Crippen molar-refractivity contribution in [2.45, 2.75) is 13.5 Å². The Morgan fingerprint density at radius 3 is 2.72 bits per heavy atom. The maximum Gasteiger partial charge on any atom is 0.165 e. The molecule has 2 aromatic carbocycles. The molecule has 0 spiro atoms. The van der Waals surface area contributed by atoms with Crippen molar-refractivity contribution in [2.75, 3.05) is 5.73 Å². The van der Waals surface area contributed by atoms with Crippen molar-refractivity contribution in [3.63, 3.8) is 0 Å². The minimum atomic E-state index is -0.885. The van der Waals surface area contributed by atoms with E-state index in [1.807, 2.05) is 13.0 Å². The summed E-state index contributed by atoms with van der Waals surface area (Å²) < 4.78 is 31.8. The molecule has 0 amide bonds. The molecule has 0 aromatic heterocycles. The van der Waals surface area contributed by atoms with Gasteiger partial charge in [-0.3, -0.25) is 0 Å². The third-order valence-electron chi connectivity index (χ3n) is 2.58. The number of anilines is 1. The summed E-state index contributed by atoms with van der Waals surface area (Å²) in [7, 11) is 0. The van der Waals surface area contributed by atoms with Crippen molar-refractivity contribution in [2.24, 2.45) is 0 Å². The Hall–Kier alpha value is -2.10. The highest BCUT2D eigenvalue weighted by atomic mass is 19.2. The SMILES string of the molecule is Cc1ccc(N)c(OCc2cccc(F)c2F)c1. The van der Waals surface area contributed by atoms with Crippen LogP contribution >= 0.6 is 0 Å². The molecule has 4 heteroatoms. The number of hydrogen-bond donors (Lipinski definition) is 1. The van der Waals surface area contributed by atoms with E-state index in [0.717, 1.165) is 11.6 Å². The highest BCUT2D eigenvalue weighted by Crippen LogP contribution is 2.24. The fourth-order valence-electron chi connectivity index (χ4n) is 1.58. The van der Waals surface area contributed by atoms with Crippen molar-refractivity contribution >= 4 is 5.69 Å². The topological polar surface area (TPSA) is 35.2 Å². The number of rotatable bonds is 3. The predicted molar refractivity (Wildman–Crippen MR) is 66.3 cm³/mol. The minimum Gasteiger partial charge on any atom is -0.487 e. The number of halogens is 2. The first-order chi connectivity index (χ1) is 8.58. The Morgan fingerprint density at radius 2 is 1.94 bits per heavy atom. The van der Waals surface area contributed by atoms with Gasteiger partial charge in [0, 0.05) is 5.56 Å². The van der Waals surface area contributed by atoms with Crippen LogP contribution in [0.2, 0.25) is 0 Å². The number of ether oxygens (including phenoxy) is 1. The molecule has 0 aliphatic heterocycles. The quantitative estimate of drug-likeness (QED) is 0.846. The first kappa shape index (κ1) is 12.4. The van der Waals surface area contributed by atoms with Crippen LogP contribution in [0.5, 0.6) is 5.75 Å². The molecule has 0 atom stereocenters. The number of hydrogen-bond acceptors (Lipinski definition) is 2. The standard InChI is InChI=1S/C14H13F2NO/c1-9-5-6-12(17)13(7-9)18-8-10-3-2-4-11(15)14(10)16/h2-7H,8,17H2,1H3. The van der Waals surface area contributed by atoms with E-state index in [1.165, 1.54) is 12.1 Å². The summed E-state index contributed by atoms with van der Waals surface area (Å²) in [6.07, 6.45) is 0. The van der Waals surface area contributed by atoms with E-state index < -0.39 is 11.6 Å². The second-order valence-electron chi connectivity index (χ2n) is 4.04. The van der Waals surface area contributed by atoms with Crippen molar-refractivity contribution < 1.29 is 13.5 Å². The van der Waals surface area contributed by atoms with Crippen molar-refractivity contribution in [1.82, 2.24) is 0 Å². The third kappa shape index (κ3) is 2.59. The van der Waals surface area contributed by atoms with E-state index in [4.69, 9.17) is 10.5 Å². The number of benzene rings is 2. The molecule has 94 valence electrons. The van der Waals surface area contributed by atoms with Crippen LogP contribution in [0.25, 0.3) is 0 Å². The van der Waals surface area contributed by atoms with Gasteiger partial charge in [-0.2, -0.15) is 0 Å². The number of nitrogens with two attached hydrogens (primary N) is 1. The van der Waals surface area contributed by atoms with Gasteiger partial charge in [0.15, 0.2) is 11.6 Å². The molecule has 2 aromatic rings. The molecule has 0 saturated carbocycles. The van der Waals surface area contributed by atoms with Crippen LogP contribution in [0, 0.1) is 18.6 Å². The second kappa shape index (κ2) is 5.04. The molecule has 0 aliphatic carbocycles. The first-order valence-electron chi connectivity index (χ1n) is 5.50. The highest BCUT2D eigenvalue weighted by Gasteiger charge is 2.09. The van der Waals surface area contributed by atoms with Gasteiger partial charge in [-0.1, -0.05) is 18.2 Å². The lowest BCUT2D eigenvalue weighted by atomic mass is 10.2. The zero-order valence-electron chi connectivity index (χ0n) is 9.91. The first-order valence-corrected chi connectivity index (χ1v) is 5.50. The summed E-state index contributed by atoms with van der Waals surface area (Å²) in [5.41, 5.74) is 7.35. The average molecular weight is 249 g/mol. The molecule has 2 nitrogen and oxygen atoms in total. The molecule has 0 unspecified atom stereocenters. The predicted octanol–water partition coefficient (Wildman–Crippen LogP) is 3.43. The molecular formula is C14H13F2NO. The average Bonchev–Trinajstić information content (AvgIpc) is 2.35. The minimum absolute atomic E-state index is 0.0583. The van der Waals surface area contributed by atoms with Gasteiger partial charge in [-0.05, 0) is 30.7 Å². The summed E-state index contributed by atoms with van der Waals surface area (Å²) in [6.45, 7) is 1.84. The van der Waals surface area contributed by atoms with Crippen molar-refractivity contribution in [3.8, 4) is 5.75 Å². The normalized spacial score (nSPS) is 10.4. The summed E-state index contributed by atoms with van der Waals surface area (Å²) in [6, 6.07) is 9.31. The monoisotopic (exact) mass is 249 g/mol. The molecule has 2 N–H and O–H groups in total. The van der Waals surface area contributed by atoms with Gasteiger partial charge in [0.05, 0.1) is 5.69 Å².